The smallest absolute Gasteiger partial charge is 0.162 e. The van der Waals surface area contributed by atoms with Crippen LogP contribution in [0.4, 0.5) is 0 Å². The third kappa shape index (κ3) is 3.67. The van der Waals surface area contributed by atoms with Crippen LogP contribution in [-0.2, 0) is 0 Å². The molecular weight excluding hydrogens is 222 g/mol. The Balaban J connectivity index is 1.65. The predicted octanol–water partition coefficient (Wildman–Crippen LogP) is 3.52. The Bertz CT molecular complexity index is 374. The van der Waals surface area contributed by atoms with Crippen molar-refractivity contribution in [3.8, 4) is 0 Å². The van der Waals surface area contributed by atoms with Gasteiger partial charge in [0.2, 0.25) is 0 Å². The van der Waals surface area contributed by atoms with E-state index in [9.17, 15) is 4.79 Å². The summed E-state index contributed by atoms with van der Waals surface area (Å²) in [6, 6.07) is 10.4. The maximum Gasteiger partial charge on any atom is 0.162 e. The molecule has 0 aliphatic carbocycles. The second kappa shape index (κ2) is 6.69. The second-order valence-corrected chi connectivity index (χ2v) is 5.27. The molecule has 1 aliphatic rings. The van der Waals surface area contributed by atoms with Crippen molar-refractivity contribution in [3.63, 3.8) is 0 Å². The SMILES string of the molecule is CC1CCCN1CCCCC(=O)c1ccccc1. The Hall–Kier alpha value is -1.15. The highest BCUT2D eigenvalue weighted by Gasteiger charge is 2.19. The number of carbonyl (C=O) groups is 1. The van der Waals surface area contributed by atoms with Crippen LogP contribution in [-0.4, -0.2) is 29.8 Å². The molecule has 0 saturated carbocycles. The highest BCUT2D eigenvalue weighted by Crippen LogP contribution is 2.17. The Labute approximate surface area is 110 Å². The molecule has 2 nitrogen and oxygen atoms in total. The van der Waals surface area contributed by atoms with E-state index >= 15 is 0 Å². The number of carbonyl (C=O) groups excluding carboxylic acids is 1. The van der Waals surface area contributed by atoms with Gasteiger partial charge in [-0.25, -0.2) is 0 Å². The molecule has 1 unspecified atom stereocenters. The lowest BCUT2D eigenvalue weighted by molar-refractivity contribution is 0.0978. The van der Waals surface area contributed by atoms with Gasteiger partial charge in [0.25, 0.3) is 0 Å². The van der Waals surface area contributed by atoms with E-state index in [1.54, 1.807) is 0 Å². The van der Waals surface area contributed by atoms with E-state index in [4.69, 9.17) is 0 Å². The zero-order valence-electron chi connectivity index (χ0n) is 11.3. The molecule has 1 saturated heterocycles. The molecule has 0 N–H and O–H groups in total. The first-order chi connectivity index (χ1) is 8.77. The van der Waals surface area contributed by atoms with E-state index in [-0.39, 0.29) is 5.78 Å². The van der Waals surface area contributed by atoms with Crippen molar-refractivity contribution < 1.29 is 4.79 Å². The molecule has 18 heavy (non-hydrogen) atoms. The van der Waals surface area contributed by atoms with E-state index in [2.05, 4.69) is 11.8 Å². The van der Waals surface area contributed by atoms with Crippen LogP contribution in [0.15, 0.2) is 30.3 Å². The molecule has 0 amide bonds. The standard InChI is InChI=1S/C16H23NO/c1-14-8-7-13-17(14)12-6-5-11-16(18)15-9-3-2-4-10-15/h2-4,9-10,14H,5-8,11-13H2,1H3. The second-order valence-electron chi connectivity index (χ2n) is 5.27. The fourth-order valence-corrected chi connectivity index (χ4v) is 2.69. The molecule has 1 aromatic carbocycles. The van der Waals surface area contributed by atoms with Gasteiger partial charge >= 0.3 is 0 Å². The number of rotatable bonds is 6. The maximum atomic E-state index is 11.9. The Morgan fingerprint density at radius 3 is 2.72 bits per heavy atom. The van der Waals surface area contributed by atoms with Crippen LogP contribution in [0.25, 0.3) is 0 Å². The first-order valence-corrected chi connectivity index (χ1v) is 7.09. The van der Waals surface area contributed by atoms with E-state index in [1.807, 2.05) is 30.3 Å². The minimum atomic E-state index is 0.282. The largest absolute Gasteiger partial charge is 0.301 e. The van der Waals surface area contributed by atoms with Crippen LogP contribution in [0, 0.1) is 0 Å². The zero-order chi connectivity index (χ0) is 12.8. The molecule has 0 bridgehead atoms. The summed E-state index contributed by atoms with van der Waals surface area (Å²) in [7, 11) is 0. The van der Waals surface area contributed by atoms with Gasteiger partial charge < -0.3 is 4.90 Å². The highest BCUT2D eigenvalue weighted by atomic mass is 16.1. The van der Waals surface area contributed by atoms with Gasteiger partial charge in [-0.15, -0.1) is 0 Å². The first kappa shape index (κ1) is 13.3. The van der Waals surface area contributed by atoms with Gasteiger partial charge in [-0.2, -0.15) is 0 Å². The Morgan fingerprint density at radius 2 is 2.06 bits per heavy atom. The summed E-state index contributed by atoms with van der Waals surface area (Å²) in [6.07, 6.45) is 5.51. The summed E-state index contributed by atoms with van der Waals surface area (Å²) in [4.78, 5) is 14.4. The maximum absolute atomic E-state index is 11.9. The van der Waals surface area contributed by atoms with Crippen molar-refractivity contribution >= 4 is 5.78 Å². The molecule has 0 spiro atoms. The lowest BCUT2D eigenvalue weighted by Crippen LogP contribution is -2.27. The summed E-state index contributed by atoms with van der Waals surface area (Å²) in [5.41, 5.74) is 0.854. The number of nitrogens with zero attached hydrogens (tertiary/aromatic N) is 1. The third-order valence-electron chi connectivity index (χ3n) is 3.89. The van der Waals surface area contributed by atoms with Crippen molar-refractivity contribution in [2.45, 2.75) is 45.1 Å². The molecule has 1 heterocycles. The van der Waals surface area contributed by atoms with Crippen LogP contribution in [0.1, 0.15) is 49.4 Å². The number of ketones is 1. The highest BCUT2D eigenvalue weighted by molar-refractivity contribution is 5.95. The van der Waals surface area contributed by atoms with Gasteiger partial charge in [-0.1, -0.05) is 30.3 Å². The summed E-state index contributed by atoms with van der Waals surface area (Å²) in [6.45, 7) is 4.71. The van der Waals surface area contributed by atoms with Crippen LogP contribution in [0.2, 0.25) is 0 Å². The van der Waals surface area contributed by atoms with Gasteiger partial charge in [0, 0.05) is 18.0 Å². The first-order valence-electron chi connectivity index (χ1n) is 7.09. The lowest BCUT2D eigenvalue weighted by atomic mass is 10.1. The monoisotopic (exact) mass is 245 g/mol. The molecule has 1 aromatic rings. The summed E-state index contributed by atoms with van der Waals surface area (Å²) < 4.78 is 0. The molecule has 98 valence electrons. The van der Waals surface area contributed by atoms with E-state index < -0.39 is 0 Å². The average Bonchev–Trinajstić information content (AvgIpc) is 2.81. The summed E-state index contributed by atoms with van der Waals surface area (Å²) in [5, 5.41) is 0. The quantitative estimate of drug-likeness (QED) is 0.564. The fraction of sp³-hybridized carbons (Fsp3) is 0.562. The molecule has 1 aliphatic heterocycles. The Morgan fingerprint density at radius 1 is 1.28 bits per heavy atom. The normalized spacial score (nSPS) is 20.2. The van der Waals surface area contributed by atoms with Crippen molar-refractivity contribution in [2.75, 3.05) is 13.1 Å². The minimum absolute atomic E-state index is 0.282. The van der Waals surface area contributed by atoms with Gasteiger partial charge in [0.15, 0.2) is 5.78 Å². The predicted molar refractivity (Wildman–Crippen MR) is 74.9 cm³/mol. The van der Waals surface area contributed by atoms with Crippen molar-refractivity contribution in [1.82, 2.24) is 4.90 Å². The van der Waals surface area contributed by atoms with Crippen LogP contribution in [0.3, 0.4) is 0 Å². The number of Topliss-reactive ketones (excluding diaryl/α,β-unsaturated/α-hetero) is 1. The zero-order valence-corrected chi connectivity index (χ0v) is 11.3. The van der Waals surface area contributed by atoms with Crippen LogP contribution >= 0.6 is 0 Å². The van der Waals surface area contributed by atoms with Crippen LogP contribution in [0.5, 0.6) is 0 Å². The van der Waals surface area contributed by atoms with Crippen LogP contribution < -0.4 is 0 Å². The van der Waals surface area contributed by atoms with Crippen molar-refractivity contribution in [3.05, 3.63) is 35.9 Å². The molecule has 2 heteroatoms. The van der Waals surface area contributed by atoms with E-state index in [0.29, 0.717) is 6.42 Å². The molecule has 2 rings (SSSR count). The minimum Gasteiger partial charge on any atom is -0.301 e. The number of likely N-dealkylation sites (tertiary alicyclic amines) is 1. The van der Waals surface area contributed by atoms with Gasteiger partial charge in [-0.3, -0.25) is 4.79 Å². The molecule has 1 atom stereocenters. The van der Waals surface area contributed by atoms with Crippen molar-refractivity contribution in [1.29, 1.82) is 0 Å². The fourth-order valence-electron chi connectivity index (χ4n) is 2.69. The number of hydrogen-bond acceptors (Lipinski definition) is 2. The van der Waals surface area contributed by atoms with Crippen molar-refractivity contribution in [2.24, 2.45) is 0 Å². The molecule has 0 radical (unpaired) electrons. The van der Waals surface area contributed by atoms with E-state index in [0.717, 1.165) is 31.0 Å². The topological polar surface area (TPSA) is 20.3 Å². The number of hydrogen-bond donors (Lipinski definition) is 0. The third-order valence-corrected chi connectivity index (χ3v) is 3.89. The lowest BCUT2D eigenvalue weighted by Gasteiger charge is -2.20. The average molecular weight is 245 g/mol. The van der Waals surface area contributed by atoms with Gasteiger partial charge in [0.05, 0.1) is 0 Å². The van der Waals surface area contributed by atoms with Gasteiger partial charge in [0.1, 0.15) is 0 Å². The molecular formula is C16H23NO. The summed E-state index contributed by atoms with van der Waals surface area (Å²) in [5.74, 6) is 0.282. The molecule has 0 aromatic heterocycles. The number of benzene rings is 1. The number of unbranched alkanes of at least 4 members (excludes halogenated alkanes) is 1. The molecule has 1 fully saturated rings. The summed E-state index contributed by atoms with van der Waals surface area (Å²) >= 11 is 0. The van der Waals surface area contributed by atoms with E-state index in [1.165, 1.54) is 19.4 Å². The van der Waals surface area contributed by atoms with Gasteiger partial charge in [-0.05, 0) is 45.7 Å². The Kier molecular flexibility index (Phi) is 4.94.